The van der Waals surface area contributed by atoms with Gasteiger partial charge in [-0.15, -0.1) is 0 Å². The molecule has 0 aliphatic carbocycles. The molecule has 1 rings (SSSR count). The number of hydrogen-bond acceptors (Lipinski definition) is 2. The van der Waals surface area contributed by atoms with Crippen molar-refractivity contribution in [3.8, 4) is 0 Å². The van der Waals surface area contributed by atoms with Gasteiger partial charge in [-0.3, -0.25) is 0 Å². The van der Waals surface area contributed by atoms with E-state index in [1.165, 1.54) is 12.8 Å². The number of ether oxygens (including phenoxy) is 2. The topological polar surface area (TPSA) is 18.5 Å². The molecule has 0 amide bonds. The SMILES string of the molecule is C[C@@H]([Se])CCCC1OCCCO1. The zero-order valence-electron chi connectivity index (χ0n) is 7.62. The van der Waals surface area contributed by atoms with Crippen LogP contribution in [0.1, 0.15) is 32.6 Å². The molecule has 0 aromatic heterocycles. The predicted octanol–water partition coefficient (Wildman–Crippen LogP) is 1.90. The van der Waals surface area contributed by atoms with Crippen LogP contribution in [0.3, 0.4) is 0 Å². The molecule has 1 fully saturated rings. The third kappa shape index (κ3) is 4.46. The minimum absolute atomic E-state index is 0.0810. The average Bonchev–Trinajstić information content (AvgIpc) is 2.05. The first-order chi connectivity index (χ1) is 5.79. The van der Waals surface area contributed by atoms with Crippen molar-refractivity contribution in [1.82, 2.24) is 0 Å². The molecule has 1 saturated heterocycles. The molecular weight excluding hydrogens is 219 g/mol. The van der Waals surface area contributed by atoms with E-state index in [0.717, 1.165) is 26.1 Å². The molecule has 0 saturated carbocycles. The van der Waals surface area contributed by atoms with E-state index in [2.05, 4.69) is 22.9 Å². The Balaban J connectivity index is 1.98. The van der Waals surface area contributed by atoms with Gasteiger partial charge < -0.3 is 0 Å². The van der Waals surface area contributed by atoms with E-state index >= 15 is 0 Å². The molecule has 0 spiro atoms. The molecule has 1 radical (unpaired) electrons. The van der Waals surface area contributed by atoms with Gasteiger partial charge >= 0.3 is 82.4 Å². The molecule has 1 aliphatic rings. The van der Waals surface area contributed by atoms with Crippen molar-refractivity contribution < 1.29 is 9.47 Å². The van der Waals surface area contributed by atoms with Crippen molar-refractivity contribution in [3.63, 3.8) is 0 Å². The summed E-state index contributed by atoms with van der Waals surface area (Å²) in [7, 11) is 0. The first kappa shape index (κ1) is 10.5. The molecule has 0 aromatic carbocycles. The van der Waals surface area contributed by atoms with Gasteiger partial charge in [0.25, 0.3) is 0 Å². The first-order valence-corrected chi connectivity index (χ1v) is 5.67. The fraction of sp³-hybridized carbons (Fsp3) is 1.00. The van der Waals surface area contributed by atoms with Gasteiger partial charge in [0.05, 0.1) is 0 Å². The third-order valence-electron chi connectivity index (χ3n) is 1.95. The summed E-state index contributed by atoms with van der Waals surface area (Å²) in [6, 6.07) is 0. The molecule has 3 heteroatoms. The van der Waals surface area contributed by atoms with Gasteiger partial charge in [0.1, 0.15) is 0 Å². The molecule has 0 unspecified atom stereocenters. The van der Waals surface area contributed by atoms with Crippen LogP contribution < -0.4 is 0 Å². The van der Waals surface area contributed by atoms with Gasteiger partial charge in [-0.2, -0.15) is 0 Å². The second-order valence-corrected chi connectivity index (χ2v) is 4.95. The fourth-order valence-electron chi connectivity index (χ4n) is 1.28. The van der Waals surface area contributed by atoms with Gasteiger partial charge in [0.2, 0.25) is 0 Å². The predicted molar refractivity (Wildman–Crippen MR) is 49.3 cm³/mol. The molecular formula is C9H17O2Se. The van der Waals surface area contributed by atoms with Gasteiger partial charge in [-0.25, -0.2) is 0 Å². The summed E-state index contributed by atoms with van der Waals surface area (Å²) in [4.78, 5) is 0.675. The van der Waals surface area contributed by atoms with Gasteiger partial charge in [-0.1, -0.05) is 0 Å². The van der Waals surface area contributed by atoms with E-state index < -0.39 is 0 Å². The summed E-state index contributed by atoms with van der Waals surface area (Å²) in [6.07, 6.45) is 4.60. The van der Waals surface area contributed by atoms with Crippen LogP contribution >= 0.6 is 0 Å². The summed E-state index contributed by atoms with van der Waals surface area (Å²) in [6.45, 7) is 3.94. The van der Waals surface area contributed by atoms with Crippen molar-refractivity contribution in [2.24, 2.45) is 0 Å². The molecule has 2 nitrogen and oxygen atoms in total. The second-order valence-electron chi connectivity index (χ2n) is 3.27. The Morgan fingerprint density at radius 2 is 2.08 bits per heavy atom. The van der Waals surface area contributed by atoms with Crippen LogP contribution in [-0.2, 0) is 9.47 Å². The average molecular weight is 236 g/mol. The molecule has 71 valence electrons. The van der Waals surface area contributed by atoms with Crippen LogP contribution in [0.15, 0.2) is 0 Å². The Labute approximate surface area is 82.8 Å². The number of rotatable bonds is 4. The van der Waals surface area contributed by atoms with Crippen LogP contribution in [0.4, 0.5) is 0 Å². The van der Waals surface area contributed by atoms with Gasteiger partial charge in [-0.05, 0) is 0 Å². The van der Waals surface area contributed by atoms with E-state index in [0.29, 0.717) is 4.82 Å². The minimum atomic E-state index is 0.0810. The van der Waals surface area contributed by atoms with Crippen LogP contribution in [0.25, 0.3) is 0 Å². The van der Waals surface area contributed by atoms with Crippen molar-refractivity contribution in [1.29, 1.82) is 0 Å². The fourth-order valence-corrected chi connectivity index (χ4v) is 1.62. The molecule has 0 bridgehead atoms. The molecule has 12 heavy (non-hydrogen) atoms. The zero-order valence-corrected chi connectivity index (χ0v) is 9.34. The maximum absolute atomic E-state index is 5.43. The van der Waals surface area contributed by atoms with Gasteiger partial charge in [0.15, 0.2) is 0 Å². The van der Waals surface area contributed by atoms with Crippen LogP contribution in [-0.4, -0.2) is 35.5 Å². The Kier molecular flexibility index (Phi) is 5.24. The van der Waals surface area contributed by atoms with Crippen molar-refractivity contribution in [2.45, 2.75) is 43.7 Å². The summed E-state index contributed by atoms with van der Waals surface area (Å²) >= 11 is 3.10. The Bertz CT molecular complexity index is 111. The zero-order chi connectivity index (χ0) is 8.81. The summed E-state index contributed by atoms with van der Waals surface area (Å²) < 4.78 is 10.9. The van der Waals surface area contributed by atoms with E-state index in [-0.39, 0.29) is 6.29 Å². The second kappa shape index (κ2) is 5.98. The van der Waals surface area contributed by atoms with Crippen molar-refractivity contribution >= 4 is 16.0 Å². The Morgan fingerprint density at radius 1 is 1.42 bits per heavy atom. The molecule has 1 aliphatic heterocycles. The summed E-state index contributed by atoms with van der Waals surface area (Å²) in [5, 5.41) is 0. The Morgan fingerprint density at radius 3 is 2.67 bits per heavy atom. The molecule has 0 N–H and O–H groups in total. The molecule has 1 heterocycles. The van der Waals surface area contributed by atoms with Crippen LogP contribution in [0, 0.1) is 0 Å². The van der Waals surface area contributed by atoms with Crippen molar-refractivity contribution in [3.05, 3.63) is 0 Å². The quantitative estimate of drug-likeness (QED) is 0.694. The standard InChI is InChI=1S/C9H17O2Se/c1-8(12)4-2-5-9-10-6-3-7-11-9/h8-9H,2-7H2,1H3/t8-/m1/s1. The molecule has 0 aromatic rings. The van der Waals surface area contributed by atoms with E-state index in [1.807, 2.05) is 0 Å². The van der Waals surface area contributed by atoms with Crippen LogP contribution in [0.5, 0.6) is 0 Å². The summed E-state index contributed by atoms with van der Waals surface area (Å²) in [5.41, 5.74) is 0. The third-order valence-corrected chi connectivity index (χ3v) is 2.44. The maximum atomic E-state index is 5.43. The van der Waals surface area contributed by atoms with Crippen molar-refractivity contribution in [2.75, 3.05) is 13.2 Å². The monoisotopic (exact) mass is 237 g/mol. The molecule has 1 atom stereocenters. The summed E-state index contributed by atoms with van der Waals surface area (Å²) in [5.74, 6) is 0. The first-order valence-electron chi connectivity index (χ1n) is 4.68. The normalized spacial score (nSPS) is 22.5. The Hall–Kier alpha value is 0.439. The number of hydrogen-bond donors (Lipinski definition) is 0. The van der Waals surface area contributed by atoms with E-state index in [9.17, 15) is 0 Å². The van der Waals surface area contributed by atoms with E-state index in [1.54, 1.807) is 0 Å². The van der Waals surface area contributed by atoms with E-state index in [4.69, 9.17) is 9.47 Å². The van der Waals surface area contributed by atoms with Crippen LogP contribution in [0.2, 0.25) is 4.82 Å². The van der Waals surface area contributed by atoms with Gasteiger partial charge in [0, 0.05) is 0 Å².